The van der Waals surface area contributed by atoms with E-state index in [-0.39, 0.29) is 5.82 Å². The molecule has 6 nitrogen and oxygen atoms in total. The van der Waals surface area contributed by atoms with E-state index in [4.69, 9.17) is 19.8 Å². The van der Waals surface area contributed by atoms with E-state index in [1.165, 1.54) is 11.6 Å². The van der Waals surface area contributed by atoms with E-state index in [9.17, 15) is 4.39 Å². The van der Waals surface area contributed by atoms with E-state index >= 15 is 0 Å². The van der Waals surface area contributed by atoms with Crippen LogP contribution in [0.2, 0.25) is 0 Å². The number of benzene rings is 1. The van der Waals surface area contributed by atoms with E-state index < -0.39 is 11.9 Å². The highest BCUT2D eigenvalue weighted by Crippen LogP contribution is 2.12. The van der Waals surface area contributed by atoms with Gasteiger partial charge < -0.3 is 10.2 Å². The molecule has 0 bridgehead atoms. The van der Waals surface area contributed by atoms with Crippen molar-refractivity contribution in [1.82, 2.24) is 9.88 Å². The molecule has 0 saturated heterocycles. The number of carboxylic acids is 2. The number of rotatable bonds is 5. The molecular formula is C17H19FN2O4. The van der Waals surface area contributed by atoms with Gasteiger partial charge in [-0.2, -0.15) is 0 Å². The van der Waals surface area contributed by atoms with E-state index in [1.54, 1.807) is 18.5 Å². The third-order valence-electron chi connectivity index (χ3n) is 3.14. The molecule has 2 rings (SSSR count). The van der Waals surface area contributed by atoms with Gasteiger partial charge in [0, 0.05) is 31.0 Å². The Morgan fingerprint density at radius 3 is 2.12 bits per heavy atom. The van der Waals surface area contributed by atoms with Crippen molar-refractivity contribution in [2.24, 2.45) is 0 Å². The number of hydrogen-bond donors (Lipinski definition) is 2. The summed E-state index contributed by atoms with van der Waals surface area (Å²) >= 11 is 0. The van der Waals surface area contributed by atoms with Gasteiger partial charge in [0.15, 0.2) is 0 Å². The molecule has 2 N–H and O–H groups in total. The summed E-state index contributed by atoms with van der Waals surface area (Å²) in [5.74, 6) is -3.78. The van der Waals surface area contributed by atoms with Crippen LogP contribution in [0.5, 0.6) is 0 Å². The van der Waals surface area contributed by atoms with Gasteiger partial charge in [0.1, 0.15) is 5.82 Å². The molecule has 1 aromatic carbocycles. The topological polar surface area (TPSA) is 90.7 Å². The molecule has 128 valence electrons. The van der Waals surface area contributed by atoms with Crippen molar-refractivity contribution in [3.63, 3.8) is 0 Å². The molecule has 0 aliphatic carbocycles. The lowest BCUT2D eigenvalue weighted by Crippen LogP contribution is -2.22. The molecule has 1 aromatic heterocycles. The Balaban J connectivity index is 0.000000413. The van der Waals surface area contributed by atoms with Crippen molar-refractivity contribution < 1.29 is 24.2 Å². The lowest BCUT2D eigenvalue weighted by atomic mass is 10.2. The fraction of sp³-hybridized carbons (Fsp3) is 0.235. The number of aliphatic carboxylic acids is 2. The highest BCUT2D eigenvalue weighted by molar-refractivity contribution is 6.27. The van der Waals surface area contributed by atoms with Crippen LogP contribution in [-0.2, 0) is 22.7 Å². The maximum Gasteiger partial charge on any atom is 0.414 e. The van der Waals surface area contributed by atoms with Crippen LogP contribution in [0.25, 0.3) is 0 Å². The zero-order valence-electron chi connectivity index (χ0n) is 13.2. The summed E-state index contributed by atoms with van der Waals surface area (Å²) in [7, 11) is 0. The Kier molecular flexibility index (Phi) is 8.07. The standard InChI is InChI=1S/C15H17FN2.C2H2O4/c1-2-18(11-13-7-9-17-10-8-13)12-14-5-3-4-6-15(14)16;3-1(4)2(5)6/h3-10H,2,11-12H2,1H3;(H,3,4)(H,5,6). The van der Waals surface area contributed by atoms with Gasteiger partial charge in [0.05, 0.1) is 0 Å². The van der Waals surface area contributed by atoms with Crippen molar-refractivity contribution in [2.45, 2.75) is 20.0 Å². The second kappa shape index (κ2) is 10.1. The van der Waals surface area contributed by atoms with Crippen LogP contribution in [0.3, 0.4) is 0 Å². The quantitative estimate of drug-likeness (QED) is 0.816. The molecule has 0 fully saturated rings. The molecule has 0 spiro atoms. The van der Waals surface area contributed by atoms with Gasteiger partial charge in [-0.15, -0.1) is 0 Å². The molecule has 0 atom stereocenters. The zero-order chi connectivity index (χ0) is 17.9. The molecule has 2 aromatic rings. The first-order valence-electron chi connectivity index (χ1n) is 7.25. The predicted molar refractivity (Wildman–Crippen MR) is 85.7 cm³/mol. The van der Waals surface area contributed by atoms with Crippen molar-refractivity contribution in [1.29, 1.82) is 0 Å². The molecule has 0 saturated carbocycles. The van der Waals surface area contributed by atoms with Gasteiger partial charge in [-0.25, -0.2) is 14.0 Å². The number of pyridine rings is 1. The number of halogens is 1. The fourth-order valence-corrected chi connectivity index (χ4v) is 1.89. The highest BCUT2D eigenvalue weighted by atomic mass is 19.1. The smallest absolute Gasteiger partial charge is 0.414 e. The summed E-state index contributed by atoms with van der Waals surface area (Å²) in [6.07, 6.45) is 3.57. The molecule has 0 radical (unpaired) electrons. The monoisotopic (exact) mass is 334 g/mol. The number of nitrogens with zero attached hydrogens (tertiary/aromatic N) is 2. The van der Waals surface area contributed by atoms with Crippen molar-refractivity contribution >= 4 is 11.9 Å². The maximum atomic E-state index is 13.6. The van der Waals surface area contributed by atoms with Gasteiger partial charge in [0.2, 0.25) is 0 Å². The van der Waals surface area contributed by atoms with Crippen molar-refractivity contribution in [3.05, 3.63) is 65.7 Å². The maximum absolute atomic E-state index is 13.6. The van der Waals surface area contributed by atoms with Crippen molar-refractivity contribution in [2.75, 3.05) is 6.54 Å². The third kappa shape index (κ3) is 6.97. The van der Waals surface area contributed by atoms with E-state index in [2.05, 4.69) is 16.8 Å². The Labute approximate surface area is 139 Å². The molecule has 1 heterocycles. The van der Waals surface area contributed by atoms with Crippen molar-refractivity contribution in [3.8, 4) is 0 Å². The lowest BCUT2D eigenvalue weighted by Gasteiger charge is -2.20. The zero-order valence-corrected chi connectivity index (χ0v) is 13.2. The number of aromatic nitrogens is 1. The van der Waals surface area contributed by atoms with Gasteiger partial charge in [0.25, 0.3) is 0 Å². The first kappa shape index (κ1) is 19.2. The SMILES string of the molecule is CCN(Cc1ccncc1)Cc1ccccc1F.O=C(O)C(=O)O. The van der Waals surface area contributed by atoms with E-state index in [0.717, 1.165) is 18.7 Å². The van der Waals surface area contributed by atoms with Gasteiger partial charge in [-0.05, 0) is 30.3 Å². The average molecular weight is 334 g/mol. The lowest BCUT2D eigenvalue weighted by molar-refractivity contribution is -0.159. The first-order chi connectivity index (χ1) is 11.4. The molecular weight excluding hydrogens is 315 g/mol. The molecule has 0 unspecified atom stereocenters. The normalized spacial score (nSPS) is 9.96. The summed E-state index contributed by atoms with van der Waals surface area (Å²) < 4.78 is 13.6. The Morgan fingerprint density at radius 1 is 1.04 bits per heavy atom. The Morgan fingerprint density at radius 2 is 1.62 bits per heavy atom. The molecule has 7 heteroatoms. The van der Waals surface area contributed by atoms with Gasteiger partial charge in [-0.1, -0.05) is 25.1 Å². The highest BCUT2D eigenvalue weighted by Gasteiger charge is 2.08. The third-order valence-corrected chi connectivity index (χ3v) is 3.14. The number of hydrogen-bond acceptors (Lipinski definition) is 4. The van der Waals surface area contributed by atoms with Crippen LogP contribution in [0.15, 0.2) is 48.8 Å². The number of carbonyl (C=O) groups is 2. The minimum Gasteiger partial charge on any atom is -0.473 e. The second-order valence-corrected chi connectivity index (χ2v) is 4.86. The van der Waals surface area contributed by atoms with Crippen LogP contribution in [0, 0.1) is 5.82 Å². The fourth-order valence-electron chi connectivity index (χ4n) is 1.89. The summed E-state index contributed by atoms with van der Waals surface area (Å²) in [5.41, 5.74) is 1.94. The molecule has 0 aliphatic rings. The van der Waals surface area contributed by atoms with Crippen LogP contribution >= 0.6 is 0 Å². The number of carboxylic acid groups (broad SMARTS) is 2. The minimum atomic E-state index is -1.82. The predicted octanol–water partition coefficient (Wildman–Crippen LogP) is 2.40. The largest absolute Gasteiger partial charge is 0.473 e. The van der Waals surface area contributed by atoms with Crippen LogP contribution in [-0.4, -0.2) is 38.6 Å². The van der Waals surface area contributed by atoms with E-state index in [1.807, 2.05) is 24.3 Å². The first-order valence-corrected chi connectivity index (χ1v) is 7.25. The Bertz CT molecular complexity index is 653. The summed E-state index contributed by atoms with van der Waals surface area (Å²) in [5, 5.41) is 14.8. The summed E-state index contributed by atoms with van der Waals surface area (Å²) in [6, 6.07) is 10.9. The molecule has 24 heavy (non-hydrogen) atoms. The molecule has 0 amide bonds. The van der Waals surface area contributed by atoms with Crippen LogP contribution in [0.1, 0.15) is 18.1 Å². The summed E-state index contributed by atoms with van der Waals surface area (Å²) in [4.78, 5) is 24.4. The summed E-state index contributed by atoms with van der Waals surface area (Å²) in [6.45, 7) is 4.41. The van der Waals surface area contributed by atoms with Gasteiger partial charge in [-0.3, -0.25) is 9.88 Å². The van der Waals surface area contributed by atoms with Crippen LogP contribution < -0.4 is 0 Å². The van der Waals surface area contributed by atoms with E-state index in [0.29, 0.717) is 6.54 Å². The second-order valence-electron chi connectivity index (χ2n) is 4.86. The minimum absolute atomic E-state index is 0.134. The molecule has 0 aliphatic heterocycles. The van der Waals surface area contributed by atoms with Crippen LogP contribution in [0.4, 0.5) is 4.39 Å². The average Bonchev–Trinajstić information content (AvgIpc) is 2.57. The van der Waals surface area contributed by atoms with Gasteiger partial charge >= 0.3 is 11.9 Å². The Hall–Kier alpha value is -2.80.